The average molecular weight is 268 g/mol. The van der Waals surface area contributed by atoms with Gasteiger partial charge in [0.25, 0.3) is 0 Å². The zero-order valence-corrected chi connectivity index (χ0v) is 11.2. The Balaban J connectivity index is 0.000000157. The molecule has 0 saturated carbocycles. The second kappa shape index (κ2) is 6.12. The number of nitrogens with two attached hydrogens (primary N) is 1. The first-order valence-corrected chi connectivity index (χ1v) is 6.32. The molecular weight excluding hydrogens is 252 g/mol. The van der Waals surface area contributed by atoms with Gasteiger partial charge in [-0.1, -0.05) is 36.4 Å². The molecule has 0 fully saturated rings. The highest BCUT2D eigenvalue weighted by Crippen LogP contribution is 2.19. The van der Waals surface area contributed by atoms with E-state index in [1.54, 1.807) is 0 Å². The molecular formula is C16H16N2O2. The van der Waals surface area contributed by atoms with Crippen molar-refractivity contribution in [2.45, 2.75) is 13.5 Å². The van der Waals surface area contributed by atoms with Gasteiger partial charge in [-0.3, -0.25) is 9.59 Å². The van der Waals surface area contributed by atoms with E-state index in [1.165, 1.54) is 6.92 Å². The molecule has 102 valence electrons. The number of ketones is 1. The van der Waals surface area contributed by atoms with Crippen molar-refractivity contribution in [1.82, 2.24) is 0 Å². The standard InChI is InChI=1S/C9H12N2O.C7H4O/c1-7(12)11-9-5-3-2-4-8(9)6-10;8-7-5-2-1-3-6(7)4-5/h2-5H,6,10H2,1H3,(H,11,12);1-4H. The minimum Gasteiger partial charge on any atom is -0.326 e. The van der Waals surface area contributed by atoms with Crippen molar-refractivity contribution in [3.05, 3.63) is 65.2 Å². The van der Waals surface area contributed by atoms with Gasteiger partial charge in [-0.25, -0.2) is 0 Å². The number of benzene rings is 2. The maximum atomic E-state index is 10.7. The Morgan fingerprint density at radius 3 is 2.20 bits per heavy atom. The van der Waals surface area contributed by atoms with Crippen LogP contribution in [-0.4, -0.2) is 11.7 Å². The summed E-state index contributed by atoms with van der Waals surface area (Å²) in [7, 11) is 0. The van der Waals surface area contributed by atoms with Crippen LogP contribution in [-0.2, 0) is 11.3 Å². The van der Waals surface area contributed by atoms with Gasteiger partial charge in [0.05, 0.1) is 0 Å². The molecule has 0 atom stereocenters. The SMILES string of the molecule is CC(=O)Nc1ccccc1CN.O=C1c2cccc1c2. The second-order valence-corrected chi connectivity index (χ2v) is 4.45. The molecule has 0 aromatic heterocycles. The number of hydrogen-bond donors (Lipinski definition) is 2. The van der Waals surface area contributed by atoms with Crippen LogP contribution in [0, 0.1) is 0 Å². The van der Waals surface area contributed by atoms with E-state index in [0.29, 0.717) is 6.54 Å². The van der Waals surface area contributed by atoms with Crippen LogP contribution >= 0.6 is 0 Å². The summed E-state index contributed by atoms with van der Waals surface area (Å²) < 4.78 is 0. The molecule has 2 aromatic carbocycles. The molecule has 2 aliphatic carbocycles. The molecule has 4 heteroatoms. The van der Waals surface area contributed by atoms with Crippen LogP contribution < -0.4 is 11.1 Å². The zero-order chi connectivity index (χ0) is 14.5. The van der Waals surface area contributed by atoms with Gasteiger partial charge < -0.3 is 11.1 Å². The van der Waals surface area contributed by atoms with Crippen LogP contribution in [0.25, 0.3) is 0 Å². The summed E-state index contributed by atoms with van der Waals surface area (Å²) in [5.74, 6) is 0.128. The predicted molar refractivity (Wildman–Crippen MR) is 78.5 cm³/mol. The number of hydrogen-bond acceptors (Lipinski definition) is 3. The van der Waals surface area contributed by atoms with Gasteiger partial charge in [-0.05, 0) is 17.7 Å². The first-order valence-electron chi connectivity index (χ1n) is 6.32. The maximum Gasteiger partial charge on any atom is 0.221 e. The molecule has 1 amide bonds. The normalized spacial score (nSPS) is 11.0. The summed E-state index contributed by atoms with van der Waals surface area (Å²) in [6.07, 6.45) is 0. The van der Waals surface area contributed by atoms with E-state index in [4.69, 9.17) is 5.73 Å². The summed E-state index contributed by atoms with van der Waals surface area (Å²) >= 11 is 0. The molecule has 0 heterocycles. The van der Waals surface area contributed by atoms with Crippen molar-refractivity contribution in [1.29, 1.82) is 0 Å². The molecule has 2 aliphatic rings. The molecule has 20 heavy (non-hydrogen) atoms. The lowest BCUT2D eigenvalue weighted by Crippen LogP contribution is -2.10. The van der Waals surface area contributed by atoms with Gasteiger partial charge in [0, 0.05) is 30.3 Å². The highest BCUT2D eigenvalue weighted by molar-refractivity contribution is 6.16. The van der Waals surface area contributed by atoms with Gasteiger partial charge in [-0.2, -0.15) is 0 Å². The first-order chi connectivity index (χ1) is 9.61. The minimum absolute atomic E-state index is 0.0732. The van der Waals surface area contributed by atoms with E-state index >= 15 is 0 Å². The fourth-order valence-corrected chi connectivity index (χ4v) is 1.90. The Morgan fingerprint density at radius 1 is 1.10 bits per heavy atom. The fraction of sp³-hybridized carbons (Fsp3) is 0.125. The molecule has 0 spiro atoms. The number of nitrogens with one attached hydrogen (secondary N) is 1. The van der Waals surface area contributed by atoms with E-state index in [1.807, 2.05) is 48.5 Å². The number of rotatable bonds is 2. The van der Waals surface area contributed by atoms with Gasteiger partial charge in [0.15, 0.2) is 5.78 Å². The lowest BCUT2D eigenvalue weighted by atomic mass is 9.92. The quantitative estimate of drug-likeness (QED) is 0.749. The monoisotopic (exact) mass is 268 g/mol. The largest absolute Gasteiger partial charge is 0.326 e. The molecule has 0 aliphatic heterocycles. The summed E-state index contributed by atoms with van der Waals surface area (Å²) in [5.41, 5.74) is 8.92. The summed E-state index contributed by atoms with van der Waals surface area (Å²) in [5, 5.41) is 2.71. The predicted octanol–water partition coefficient (Wildman–Crippen LogP) is 2.33. The summed E-state index contributed by atoms with van der Waals surface area (Å²) in [6, 6.07) is 14.9. The minimum atomic E-state index is -0.0732. The van der Waals surface area contributed by atoms with Gasteiger partial charge >= 0.3 is 0 Å². The van der Waals surface area contributed by atoms with Crippen molar-refractivity contribution in [2.75, 3.05) is 5.32 Å². The van der Waals surface area contributed by atoms with Gasteiger partial charge in [-0.15, -0.1) is 0 Å². The average Bonchev–Trinajstić information content (AvgIpc) is 2.48. The Hall–Kier alpha value is -2.46. The lowest BCUT2D eigenvalue weighted by Gasteiger charge is -2.10. The first kappa shape index (κ1) is 14.0. The van der Waals surface area contributed by atoms with E-state index in [0.717, 1.165) is 22.4 Å². The van der Waals surface area contributed by atoms with E-state index < -0.39 is 0 Å². The van der Waals surface area contributed by atoms with Crippen molar-refractivity contribution >= 4 is 17.4 Å². The third kappa shape index (κ3) is 3.10. The molecule has 4 rings (SSSR count). The Kier molecular flexibility index (Phi) is 4.27. The fourth-order valence-electron chi connectivity index (χ4n) is 1.90. The number of anilines is 1. The third-order valence-electron chi connectivity index (χ3n) is 2.93. The van der Waals surface area contributed by atoms with Crippen LogP contribution in [0.15, 0.2) is 48.5 Å². The molecule has 0 radical (unpaired) electrons. The van der Waals surface area contributed by atoms with Crippen LogP contribution in [0.5, 0.6) is 0 Å². The van der Waals surface area contributed by atoms with E-state index in [2.05, 4.69) is 5.32 Å². The highest BCUT2D eigenvalue weighted by Gasteiger charge is 2.17. The summed E-state index contributed by atoms with van der Waals surface area (Å²) in [4.78, 5) is 21.4. The Labute approximate surface area is 117 Å². The topological polar surface area (TPSA) is 72.2 Å². The second-order valence-electron chi connectivity index (χ2n) is 4.45. The highest BCUT2D eigenvalue weighted by atomic mass is 16.1. The van der Waals surface area contributed by atoms with Gasteiger partial charge in [0.1, 0.15) is 0 Å². The third-order valence-corrected chi connectivity index (χ3v) is 2.93. The van der Waals surface area contributed by atoms with Crippen LogP contribution in [0.1, 0.15) is 28.4 Å². The van der Waals surface area contributed by atoms with Gasteiger partial charge in [0.2, 0.25) is 5.91 Å². The Morgan fingerprint density at radius 2 is 1.75 bits per heavy atom. The molecule has 4 nitrogen and oxygen atoms in total. The number of carbonyl (C=O) groups excluding carboxylic acids is 2. The Bertz CT molecular complexity index is 622. The number of fused-ring (bicyclic) bond motifs is 2. The zero-order valence-electron chi connectivity index (χ0n) is 11.2. The van der Waals surface area contributed by atoms with Crippen molar-refractivity contribution in [3.8, 4) is 0 Å². The molecule has 2 aromatic rings. The lowest BCUT2D eigenvalue weighted by molar-refractivity contribution is -0.114. The summed E-state index contributed by atoms with van der Waals surface area (Å²) in [6.45, 7) is 1.92. The van der Waals surface area contributed by atoms with Crippen LogP contribution in [0.3, 0.4) is 0 Å². The molecule has 0 unspecified atom stereocenters. The molecule has 2 bridgehead atoms. The van der Waals surface area contributed by atoms with Crippen molar-refractivity contribution in [3.63, 3.8) is 0 Å². The number of amides is 1. The smallest absolute Gasteiger partial charge is 0.221 e. The molecule has 3 N–H and O–H groups in total. The number of carbonyl (C=O) groups is 2. The van der Waals surface area contributed by atoms with Crippen LogP contribution in [0.4, 0.5) is 5.69 Å². The van der Waals surface area contributed by atoms with E-state index in [-0.39, 0.29) is 11.7 Å². The van der Waals surface area contributed by atoms with Crippen molar-refractivity contribution in [2.24, 2.45) is 5.73 Å². The van der Waals surface area contributed by atoms with E-state index in [9.17, 15) is 9.59 Å². The molecule has 0 saturated heterocycles. The maximum absolute atomic E-state index is 10.7. The van der Waals surface area contributed by atoms with Crippen LogP contribution in [0.2, 0.25) is 0 Å². The van der Waals surface area contributed by atoms with Crippen molar-refractivity contribution < 1.29 is 9.59 Å². The number of para-hydroxylation sites is 1.